The summed E-state index contributed by atoms with van der Waals surface area (Å²) in [5.74, 6) is 2.67. The lowest BCUT2D eigenvalue weighted by Gasteiger charge is -2.13. The average molecular weight is 172 g/mol. The molecule has 11 heavy (non-hydrogen) atoms. The predicted octanol–water partition coefficient (Wildman–Crippen LogP) is 0.610. The molecule has 0 aromatic carbocycles. The highest BCUT2D eigenvalue weighted by Crippen LogP contribution is 2.02. The van der Waals surface area contributed by atoms with Crippen LogP contribution in [0.1, 0.15) is 6.92 Å². The molecule has 0 aromatic rings. The van der Waals surface area contributed by atoms with Crippen LogP contribution in [0.3, 0.4) is 0 Å². The lowest BCUT2D eigenvalue weighted by atomic mass is 10.1. The van der Waals surface area contributed by atoms with Crippen LogP contribution in [0, 0.1) is 11.5 Å². The number of aliphatic hydroxyl groups excluding tert-OH is 1. The highest BCUT2D eigenvalue weighted by molar-refractivity contribution is 6.83. The molecule has 3 heteroatoms. The van der Waals surface area contributed by atoms with Gasteiger partial charge in [0.1, 0.15) is 13.7 Å². The maximum Gasteiger partial charge on any atom is 0.144 e. The van der Waals surface area contributed by atoms with Crippen molar-refractivity contribution in [3.63, 3.8) is 0 Å². The fraction of sp³-hybridized carbons (Fsp3) is 0.750. The Hall–Kier alpha value is -0.303. The van der Waals surface area contributed by atoms with Crippen LogP contribution in [-0.2, 0) is 0 Å². The SMILES string of the molecule is CC(O)(C#C[Si](C)(C)C)CO. The maximum atomic E-state index is 9.29. The lowest BCUT2D eigenvalue weighted by molar-refractivity contribution is 0.0519. The number of hydrogen-bond acceptors (Lipinski definition) is 2. The first kappa shape index (κ1) is 10.7. The van der Waals surface area contributed by atoms with Gasteiger partial charge in [0.25, 0.3) is 0 Å². The predicted molar refractivity (Wildman–Crippen MR) is 48.8 cm³/mol. The zero-order chi connectivity index (χ0) is 9.12. The van der Waals surface area contributed by atoms with Crippen LogP contribution in [0.15, 0.2) is 0 Å². The highest BCUT2D eigenvalue weighted by atomic mass is 28.3. The molecule has 0 aliphatic rings. The number of aliphatic hydroxyl groups is 2. The van der Waals surface area contributed by atoms with Crippen LogP contribution in [0.5, 0.6) is 0 Å². The van der Waals surface area contributed by atoms with E-state index >= 15 is 0 Å². The van der Waals surface area contributed by atoms with Gasteiger partial charge in [-0.15, -0.1) is 5.54 Å². The summed E-state index contributed by atoms with van der Waals surface area (Å²) in [6, 6.07) is 0. The van der Waals surface area contributed by atoms with Crippen molar-refractivity contribution in [1.29, 1.82) is 0 Å². The Morgan fingerprint density at radius 3 is 2.09 bits per heavy atom. The summed E-state index contributed by atoms with van der Waals surface area (Å²) in [6.45, 7) is 7.49. The Morgan fingerprint density at radius 2 is 1.82 bits per heavy atom. The summed E-state index contributed by atoms with van der Waals surface area (Å²) in [4.78, 5) is 0. The Balaban J connectivity index is 4.29. The maximum absolute atomic E-state index is 9.29. The second-order valence-corrected chi connectivity index (χ2v) is 8.68. The third-order valence-electron chi connectivity index (χ3n) is 1.01. The Morgan fingerprint density at radius 1 is 1.36 bits per heavy atom. The molecule has 0 fully saturated rings. The van der Waals surface area contributed by atoms with Gasteiger partial charge >= 0.3 is 0 Å². The van der Waals surface area contributed by atoms with E-state index in [2.05, 4.69) is 31.1 Å². The van der Waals surface area contributed by atoms with E-state index in [-0.39, 0.29) is 6.61 Å². The van der Waals surface area contributed by atoms with Gasteiger partial charge < -0.3 is 10.2 Å². The van der Waals surface area contributed by atoms with Gasteiger partial charge in [0, 0.05) is 0 Å². The second kappa shape index (κ2) is 3.40. The van der Waals surface area contributed by atoms with Crippen molar-refractivity contribution in [2.75, 3.05) is 6.61 Å². The van der Waals surface area contributed by atoms with Gasteiger partial charge in [-0.2, -0.15) is 0 Å². The van der Waals surface area contributed by atoms with E-state index < -0.39 is 13.7 Å². The van der Waals surface area contributed by atoms with Crippen LogP contribution >= 0.6 is 0 Å². The first-order valence-electron chi connectivity index (χ1n) is 3.64. The summed E-state index contributed by atoms with van der Waals surface area (Å²) < 4.78 is 0. The normalized spacial score (nSPS) is 16.5. The summed E-state index contributed by atoms with van der Waals surface area (Å²) >= 11 is 0. The largest absolute Gasteiger partial charge is 0.392 e. The summed E-state index contributed by atoms with van der Waals surface area (Å²) in [7, 11) is -1.42. The van der Waals surface area contributed by atoms with Crippen molar-refractivity contribution in [3.05, 3.63) is 0 Å². The van der Waals surface area contributed by atoms with Gasteiger partial charge in [0.2, 0.25) is 0 Å². The van der Waals surface area contributed by atoms with Gasteiger partial charge in [-0.1, -0.05) is 25.6 Å². The molecular formula is C8H16O2Si. The first-order chi connectivity index (χ1) is 4.77. The van der Waals surface area contributed by atoms with E-state index in [1.807, 2.05) is 0 Å². The van der Waals surface area contributed by atoms with E-state index in [0.717, 1.165) is 0 Å². The number of rotatable bonds is 1. The summed E-state index contributed by atoms with van der Waals surface area (Å²) in [6.07, 6.45) is 0. The quantitative estimate of drug-likeness (QED) is 0.449. The van der Waals surface area contributed by atoms with Crippen molar-refractivity contribution < 1.29 is 10.2 Å². The van der Waals surface area contributed by atoms with Gasteiger partial charge in [0.05, 0.1) is 6.61 Å². The average Bonchev–Trinajstić information content (AvgIpc) is 1.83. The van der Waals surface area contributed by atoms with Crippen LogP contribution < -0.4 is 0 Å². The topological polar surface area (TPSA) is 40.5 Å². The van der Waals surface area contributed by atoms with Gasteiger partial charge in [-0.05, 0) is 6.92 Å². The third kappa shape index (κ3) is 6.11. The first-order valence-corrected chi connectivity index (χ1v) is 7.14. The molecule has 1 atom stereocenters. The Labute approximate surface area is 69.3 Å². The molecule has 0 amide bonds. The van der Waals surface area contributed by atoms with E-state index in [0.29, 0.717) is 0 Å². The number of hydrogen-bond donors (Lipinski definition) is 2. The zero-order valence-corrected chi connectivity index (χ0v) is 8.60. The van der Waals surface area contributed by atoms with Crippen molar-refractivity contribution in [2.45, 2.75) is 32.2 Å². The highest BCUT2D eigenvalue weighted by Gasteiger charge is 2.16. The fourth-order valence-corrected chi connectivity index (χ4v) is 1.01. The van der Waals surface area contributed by atoms with Crippen molar-refractivity contribution >= 4 is 8.07 Å². The fourth-order valence-electron chi connectivity index (χ4n) is 0.362. The Bertz CT molecular complexity index is 180. The minimum Gasteiger partial charge on any atom is -0.392 e. The molecule has 2 N–H and O–H groups in total. The van der Waals surface area contributed by atoms with Crippen molar-refractivity contribution in [3.8, 4) is 11.5 Å². The minimum absolute atomic E-state index is 0.301. The van der Waals surface area contributed by atoms with Crippen molar-refractivity contribution in [1.82, 2.24) is 0 Å². The molecule has 0 saturated carbocycles. The molecule has 1 unspecified atom stereocenters. The van der Waals surface area contributed by atoms with Gasteiger partial charge in [0.15, 0.2) is 0 Å². The summed E-state index contributed by atoms with van der Waals surface area (Å²) in [5, 5.41) is 17.9. The van der Waals surface area contributed by atoms with Crippen LogP contribution in [0.25, 0.3) is 0 Å². The third-order valence-corrected chi connectivity index (χ3v) is 1.89. The molecule has 0 radical (unpaired) electrons. The minimum atomic E-state index is -1.42. The van der Waals surface area contributed by atoms with Crippen molar-refractivity contribution in [2.24, 2.45) is 0 Å². The van der Waals surface area contributed by atoms with E-state index in [4.69, 9.17) is 5.11 Å². The van der Waals surface area contributed by atoms with E-state index in [1.165, 1.54) is 6.92 Å². The van der Waals surface area contributed by atoms with Crippen LogP contribution in [0.2, 0.25) is 19.6 Å². The molecular weight excluding hydrogens is 156 g/mol. The molecule has 64 valence electrons. The van der Waals surface area contributed by atoms with Gasteiger partial charge in [-0.25, -0.2) is 0 Å². The van der Waals surface area contributed by atoms with Gasteiger partial charge in [-0.3, -0.25) is 0 Å². The Kier molecular flexibility index (Phi) is 3.30. The second-order valence-electron chi connectivity index (χ2n) is 3.93. The monoisotopic (exact) mass is 172 g/mol. The smallest absolute Gasteiger partial charge is 0.144 e. The molecule has 0 aliphatic heterocycles. The molecule has 0 aliphatic carbocycles. The molecule has 0 heterocycles. The molecule has 0 bridgehead atoms. The molecule has 0 aromatic heterocycles. The van der Waals surface area contributed by atoms with Crippen LogP contribution in [0.4, 0.5) is 0 Å². The standard InChI is InChI=1S/C8H16O2Si/c1-8(10,7-9)5-6-11(2,3)4/h9-10H,7H2,1-4H3. The lowest BCUT2D eigenvalue weighted by Crippen LogP contribution is -2.28. The van der Waals surface area contributed by atoms with Crippen LogP contribution in [-0.4, -0.2) is 30.5 Å². The molecule has 0 spiro atoms. The molecule has 2 nitrogen and oxygen atoms in total. The summed E-state index contributed by atoms with van der Waals surface area (Å²) in [5.41, 5.74) is 1.77. The molecule has 0 saturated heterocycles. The zero-order valence-electron chi connectivity index (χ0n) is 7.60. The van der Waals surface area contributed by atoms with E-state index in [9.17, 15) is 5.11 Å². The van der Waals surface area contributed by atoms with E-state index in [1.54, 1.807) is 0 Å². The molecule has 0 rings (SSSR count).